The first kappa shape index (κ1) is 14.5. The molecule has 1 atom stereocenters. The normalized spacial score (nSPS) is 13.0. The molecule has 1 N–H and O–H groups in total. The number of aryl methyl sites for hydroxylation is 1. The van der Waals surface area contributed by atoms with Gasteiger partial charge in [-0.25, -0.2) is 9.59 Å². The van der Waals surface area contributed by atoms with Crippen LogP contribution in [0.4, 0.5) is 0 Å². The van der Waals surface area contributed by atoms with Crippen molar-refractivity contribution >= 4 is 0 Å². The molecule has 0 bridgehead atoms. The van der Waals surface area contributed by atoms with Gasteiger partial charge < -0.3 is 5.11 Å². The van der Waals surface area contributed by atoms with Crippen LogP contribution in [-0.4, -0.2) is 29.9 Å². The lowest BCUT2D eigenvalue weighted by Gasteiger charge is -2.12. The molecule has 0 amide bonds. The van der Waals surface area contributed by atoms with Crippen molar-refractivity contribution in [1.82, 2.24) is 18.7 Å². The van der Waals surface area contributed by atoms with Crippen LogP contribution in [0.5, 0.6) is 0 Å². The molecule has 0 saturated carbocycles. The number of rotatable bonds is 5. The first-order valence-corrected chi connectivity index (χ1v) is 6.72. The Morgan fingerprint density at radius 3 is 2.60 bits per heavy atom. The quantitative estimate of drug-likeness (QED) is 0.778. The summed E-state index contributed by atoms with van der Waals surface area (Å²) >= 11 is 0. The third kappa shape index (κ3) is 2.67. The molecule has 2 rings (SSSR count). The average Bonchev–Trinajstić information content (AvgIpc) is 2.67. The molecule has 2 heterocycles. The number of aliphatic hydroxyl groups excluding tert-OH is 1. The van der Waals surface area contributed by atoms with Crippen LogP contribution in [0.3, 0.4) is 0 Å². The summed E-state index contributed by atoms with van der Waals surface area (Å²) in [6.45, 7) is 2.32. The summed E-state index contributed by atoms with van der Waals surface area (Å²) in [4.78, 5) is 27.6. The van der Waals surface area contributed by atoms with Gasteiger partial charge in [0.25, 0.3) is 0 Å². The fraction of sp³-hybridized carbons (Fsp3) is 0.615. The van der Waals surface area contributed by atoms with E-state index in [1.807, 2.05) is 0 Å². The van der Waals surface area contributed by atoms with Gasteiger partial charge in [-0.3, -0.25) is 13.7 Å². The summed E-state index contributed by atoms with van der Waals surface area (Å²) in [5.41, 5.74) is 0.0992. The minimum atomic E-state index is -0.359. The Balaban J connectivity index is 2.28. The Morgan fingerprint density at radius 2 is 1.95 bits per heavy atom. The summed E-state index contributed by atoms with van der Waals surface area (Å²) in [5, 5.41) is 9.21. The molecule has 110 valence electrons. The van der Waals surface area contributed by atoms with Crippen molar-refractivity contribution in [2.75, 3.05) is 0 Å². The van der Waals surface area contributed by atoms with Crippen LogP contribution in [0, 0.1) is 0 Å². The predicted molar refractivity (Wildman–Crippen MR) is 74.9 cm³/mol. The van der Waals surface area contributed by atoms with E-state index in [1.54, 1.807) is 31.8 Å². The van der Waals surface area contributed by atoms with E-state index < -0.39 is 0 Å². The number of hydrogen-bond acceptors (Lipinski definition) is 4. The number of fused-ring (bicyclic) bond motifs is 1. The molecule has 7 heteroatoms. The minimum Gasteiger partial charge on any atom is -0.393 e. The minimum absolute atomic E-state index is 0.187. The highest BCUT2D eigenvalue weighted by molar-refractivity contribution is 5.50. The Labute approximate surface area is 116 Å². The van der Waals surface area contributed by atoms with Crippen LogP contribution in [0.1, 0.15) is 26.2 Å². The van der Waals surface area contributed by atoms with E-state index in [4.69, 9.17) is 0 Å². The maximum absolute atomic E-state index is 12.2. The van der Waals surface area contributed by atoms with Crippen LogP contribution in [0.2, 0.25) is 0 Å². The van der Waals surface area contributed by atoms with Crippen molar-refractivity contribution in [1.29, 1.82) is 0 Å². The van der Waals surface area contributed by atoms with Gasteiger partial charge in [0.05, 0.1) is 6.10 Å². The Kier molecular flexibility index (Phi) is 4.08. The van der Waals surface area contributed by atoms with Gasteiger partial charge in [-0.05, 0) is 26.2 Å². The predicted octanol–water partition coefficient (Wildman–Crippen LogP) is -0.0636. The lowest BCUT2D eigenvalue weighted by molar-refractivity contribution is 0.180. The second kappa shape index (κ2) is 5.62. The molecule has 20 heavy (non-hydrogen) atoms. The summed E-state index contributed by atoms with van der Waals surface area (Å²) in [6.07, 6.45) is 3.74. The zero-order valence-corrected chi connectivity index (χ0v) is 12.0. The van der Waals surface area contributed by atoms with Gasteiger partial charge in [0, 0.05) is 26.8 Å². The van der Waals surface area contributed by atoms with Crippen molar-refractivity contribution in [2.24, 2.45) is 14.1 Å². The van der Waals surface area contributed by atoms with Gasteiger partial charge in [-0.1, -0.05) is 0 Å². The van der Waals surface area contributed by atoms with Gasteiger partial charge in [0.2, 0.25) is 0 Å². The largest absolute Gasteiger partial charge is 0.393 e. The van der Waals surface area contributed by atoms with Crippen LogP contribution >= 0.6 is 0 Å². The van der Waals surface area contributed by atoms with E-state index in [9.17, 15) is 14.7 Å². The average molecular weight is 280 g/mol. The highest BCUT2D eigenvalue weighted by atomic mass is 16.3. The fourth-order valence-corrected chi connectivity index (χ4v) is 2.24. The van der Waals surface area contributed by atoms with Crippen molar-refractivity contribution in [2.45, 2.75) is 38.8 Å². The number of aliphatic hydroxyl groups is 1. The highest BCUT2D eigenvalue weighted by Gasteiger charge is 2.17. The maximum Gasteiger partial charge on any atom is 0.349 e. The number of aromatic nitrogens is 4. The molecule has 0 aliphatic carbocycles. The SMILES string of the molecule is CC(O)CCCCn1cc2n(C)c(=O)nc-2n(C)c1=O. The Bertz CT molecular complexity index is 680. The molecular formula is C13H20N4O3. The highest BCUT2D eigenvalue weighted by Crippen LogP contribution is 2.13. The summed E-state index contributed by atoms with van der Waals surface area (Å²) in [7, 11) is 3.25. The monoisotopic (exact) mass is 280 g/mol. The van der Waals surface area contributed by atoms with E-state index >= 15 is 0 Å². The molecule has 0 aromatic rings. The van der Waals surface area contributed by atoms with Crippen LogP contribution < -0.4 is 11.4 Å². The molecule has 2 aliphatic heterocycles. The molecule has 0 fully saturated rings. The number of imidazole rings is 1. The van der Waals surface area contributed by atoms with E-state index in [1.165, 1.54) is 9.13 Å². The Morgan fingerprint density at radius 1 is 1.25 bits per heavy atom. The zero-order chi connectivity index (χ0) is 14.9. The summed E-state index contributed by atoms with van der Waals surface area (Å²) in [6, 6.07) is 0. The topological polar surface area (TPSA) is 82.0 Å². The van der Waals surface area contributed by atoms with E-state index in [0.717, 1.165) is 19.3 Å². The van der Waals surface area contributed by atoms with Crippen LogP contribution in [-0.2, 0) is 20.6 Å². The van der Waals surface area contributed by atoms with Crippen LogP contribution in [0.25, 0.3) is 11.5 Å². The van der Waals surface area contributed by atoms with Gasteiger partial charge in [-0.15, -0.1) is 0 Å². The third-order valence-corrected chi connectivity index (χ3v) is 3.48. The van der Waals surface area contributed by atoms with E-state index in [0.29, 0.717) is 18.1 Å². The lowest BCUT2D eigenvalue weighted by atomic mass is 10.2. The second-order valence-electron chi connectivity index (χ2n) is 5.17. The van der Waals surface area contributed by atoms with Gasteiger partial charge >= 0.3 is 11.4 Å². The number of unbranched alkanes of at least 4 members (excludes halogenated alkanes) is 1. The fourth-order valence-electron chi connectivity index (χ4n) is 2.24. The molecule has 0 spiro atoms. The van der Waals surface area contributed by atoms with Crippen molar-refractivity contribution in [3.8, 4) is 11.5 Å². The molecule has 2 aliphatic rings. The molecule has 1 unspecified atom stereocenters. The first-order chi connectivity index (χ1) is 9.41. The van der Waals surface area contributed by atoms with Gasteiger partial charge in [0.1, 0.15) is 5.69 Å². The maximum atomic E-state index is 12.2. The smallest absolute Gasteiger partial charge is 0.349 e. The van der Waals surface area contributed by atoms with Gasteiger partial charge in [-0.2, -0.15) is 4.98 Å². The van der Waals surface area contributed by atoms with E-state index in [-0.39, 0.29) is 17.5 Å². The molecule has 0 radical (unpaired) electrons. The molecule has 0 aromatic heterocycles. The molecule has 7 nitrogen and oxygen atoms in total. The Hall–Kier alpha value is -1.89. The van der Waals surface area contributed by atoms with Crippen molar-refractivity contribution in [3.05, 3.63) is 27.2 Å². The molecule has 0 aromatic carbocycles. The van der Waals surface area contributed by atoms with E-state index in [2.05, 4.69) is 4.98 Å². The standard InChI is InChI=1S/C13H20N4O3/c1-9(18)6-4-5-7-17-8-10-11(16(3)13(17)20)14-12(19)15(10)2/h8-9,18H,4-7H2,1-3H3. The van der Waals surface area contributed by atoms with Gasteiger partial charge in [0.15, 0.2) is 5.82 Å². The lowest BCUT2D eigenvalue weighted by Crippen LogP contribution is -2.31. The van der Waals surface area contributed by atoms with Crippen LogP contribution in [0.15, 0.2) is 15.8 Å². The number of nitrogens with zero attached hydrogens (tertiary/aromatic N) is 4. The number of hydrogen-bond donors (Lipinski definition) is 1. The summed E-state index contributed by atoms with van der Waals surface area (Å²) in [5.74, 6) is 0.405. The van der Waals surface area contributed by atoms with Crippen molar-refractivity contribution < 1.29 is 5.11 Å². The molecule has 0 saturated heterocycles. The summed E-state index contributed by atoms with van der Waals surface area (Å²) < 4.78 is 4.41. The van der Waals surface area contributed by atoms with Crippen molar-refractivity contribution in [3.63, 3.8) is 0 Å². The zero-order valence-electron chi connectivity index (χ0n) is 12.0. The second-order valence-corrected chi connectivity index (χ2v) is 5.17. The third-order valence-electron chi connectivity index (χ3n) is 3.48. The molecular weight excluding hydrogens is 260 g/mol. The first-order valence-electron chi connectivity index (χ1n) is 6.72.